The molecule has 0 aliphatic rings. The monoisotopic (exact) mass is 361 g/mol. The standard InChI is InChI=1S/C20H19N5O2/c26-19-17-14-22-25(15-8-3-1-4-9-15)18(17)23-20(24-19)21-12-7-13-27-16-10-5-2-6-11-16/h1-6,8-11,14H,7,12-13H2,(H2,21,23,24,26). The molecule has 4 aromatic rings. The summed E-state index contributed by atoms with van der Waals surface area (Å²) in [4.78, 5) is 19.6. The molecule has 136 valence electrons. The van der Waals surface area contributed by atoms with Crippen molar-refractivity contribution in [2.75, 3.05) is 18.5 Å². The predicted molar refractivity (Wildman–Crippen MR) is 105 cm³/mol. The molecule has 7 heteroatoms. The van der Waals surface area contributed by atoms with Gasteiger partial charge in [0.05, 0.1) is 18.5 Å². The van der Waals surface area contributed by atoms with Gasteiger partial charge in [-0.25, -0.2) is 4.68 Å². The van der Waals surface area contributed by atoms with Gasteiger partial charge in [0.2, 0.25) is 5.95 Å². The van der Waals surface area contributed by atoms with Gasteiger partial charge >= 0.3 is 0 Å². The second-order valence-electron chi connectivity index (χ2n) is 5.99. The quantitative estimate of drug-likeness (QED) is 0.494. The molecule has 27 heavy (non-hydrogen) atoms. The number of aromatic amines is 1. The van der Waals surface area contributed by atoms with E-state index in [-0.39, 0.29) is 5.56 Å². The van der Waals surface area contributed by atoms with Crippen LogP contribution in [0.2, 0.25) is 0 Å². The maximum absolute atomic E-state index is 12.3. The molecule has 2 N–H and O–H groups in total. The minimum absolute atomic E-state index is 0.217. The first-order chi connectivity index (χ1) is 13.3. The Kier molecular flexibility index (Phi) is 4.82. The van der Waals surface area contributed by atoms with Crippen LogP contribution < -0.4 is 15.6 Å². The minimum atomic E-state index is -0.217. The minimum Gasteiger partial charge on any atom is -0.494 e. The second-order valence-corrected chi connectivity index (χ2v) is 5.99. The summed E-state index contributed by atoms with van der Waals surface area (Å²) in [7, 11) is 0. The lowest BCUT2D eigenvalue weighted by molar-refractivity contribution is 0.315. The van der Waals surface area contributed by atoms with Crippen LogP contribution in [-0.4, -0.2) is 32.9 Å². The molecule has 0 spiro atoms. The fourth-order valence-electron chi connectivity index (χ4n) is 2.75. The van der Waals surface area contributed by atoms with E-state index in [1.54, 1.807) is 4.68 Å². The van der Waals surface area contributed by atoms with Crippen LogP contribution in [0.4, 0.5) is 5.95 Å². The molecule has 0 fully saturated rings. The number of rotatable bonds is 7. The molecule has 2 aromatic heterocycles. The van der Waals surface area contributed by atoms with Gasteiger partial charge in [0.25, 0.3) is 5.56 Å². The van der Waals surface area contributed by atoms with Gasteiger partial charge < -0.3 is 10.1 Å². The Hall–Kier alpha value is -3.61. The summed E-state index contributed by atoms with van der Waals surface area (Å²) in [5.74, 6) is 1.27. The van der Waals surface area contributed by atoms with Gasteiger partial charge in [-0.2, -0.15) is 10.1 Å². The van der Waals surface area contributed by atoms with E-state index in [4.69, 9.17) is 4.74 Å². The number of anilines is 1. The molecule has 0 unspecified atom stereocenters. The van der Waals surface area contributed by atoms with E-state index in [9.17, 15) is 4.79 Å². The molecule has 2 aromatic carbocycles. The van der Waals surface area contributed by atoms with Crippen LogP contribution in [0.1, 0.15) is 6.42 Å². The zero-order valence-corrected chi connectivity index (χ0v) is 14.6. The fraction of sp³-hybridized carbons (Fsp3) is 0.150. The number of ether oxygens (including phenoxy) is 1. The van der Waals surface area contributed by atoms with Gasteiger partial charge in [-0.15, -0.1) is 0 Å². The summed E-state index contributed by atoms with van der Waals surface area (Å²) < 4.78 is 7.32. The van der Waals surface area contributed by atoms with Gasteiger partial charge in [-0.3, -0.25) is 9.78 Å². The smallest absolute Gasteiger partial charge is 0.263 e. The number of hydrogen-bond donors (Lipinski definition) is 2. The second kappa shape index (κ2) is 7.74. The molecule has 0 aliphatic carbocycles. The van der Waals surface area contributed by atoms with Crippen LogP contribution >= 0.6 is 0 Å². The molecule has 0 atom stereocenters. The third-order valence-corrected chi connectivity index (χ3v) is 4.06. The summed E-state index contributed by atoms with van der Waals surface area (Å²) in [6.07, 6.45) is 2.31. The van der Waals surface area contributed by atoms with Crippen LogP contribution in [0.5, 0.6) is 5.75 Å². The zero-order chi connectivity index (χ0) is 18.5. The molecular formula is C20H19N5O2. The van der Waals surface area contributed by atoms with E-state index in [1.807, 2.05) is 60.7 Å². The molecule has 0 saturated heterocycles. The highest BCUT2D eigenvalue weighted by Crippen LogP contribution is 2.14. The van der Waals surface area contributed by atoms with Crippen LogP contribution in [0, 0.1) is 0 Å². The van der Waals surface area contributed by atoms with Crippen molar-refractivity contribution < 1.29 is 4.74 Å². The summed E-state index contributed by atoms with van der Waals surface area (Å²) in [5.41, 5.74) is 1.16. The van der Waals surface area contributed by atoms with Gasteiger partial charge in [0.15, 0.2) is 5.65 Å². The average molecular weight is 361 g/mol. The van der Waals surface area contributed by atoms with Crippen LogP contribution in [0.25, 0.3) is 16.7 Å². The molecular weight excluding hydrogens is 342 g/mol. The lowest BCUT2D eigenvalue weighted by Gasteiger charge is -2.08. The Morgan fingerprint density at radius 3 is 2.56 bits per heavy atom. The maximum atomic E-state index is 12.3. The Balaban J connectivity index is 1.44. The Bertz CT molecular complexity index is 1070. The summed E-state index contributed by atoms with van der Waals surface area (Å²) in [6.45, 7) is 1.20. The first-order valence-electron chi connectivity index (χ1n) is 8.76. The number of hydrogen-bond acceptors (Lipinski definition) is 5. The Morgan fingerprint density at radius 1 is 1.04 bits per heavy atom. The van der Waals surface area contributed by atoms with Crippen molar-refractivity contribution in [1.82, 2.24) is 19.7 Å². The summed E-state index contributed by atoms with van der Waals surface area (Å²) in [6, 6.07) is 19.3. The Morgan fingerprint density at radius 2 is 1.78 bits per heavy atom. The van der Waals surface area contributed by atoms with Crippen LogP contribution in [-0.2, 0) is 0 Å². The zero-order valence-electron chi connectivity index (χ0n) is 14.6. The van der Waals surface area contributed by atoms with Crippen molar-refractivity contribution >= 4 is 17.0 Å². The van der Waals surface area contributed by atoms with Crippen molar-refractivity contribution in [3.8, 4) is 11.4 Å². The van der Waals surface area contributed by atoms with Gasteiger partial charge in [-0.05, 0) is 30.7 Å². The van der Waals surface area contributed by atoms with E-state index in [2.05, 4.69) is 20.4 Å². The molecule has 0 aliphatic heterocycles. The number of aromatic nitrogens is 4. The third kappa shape index (κ3) is 3.82. The first-order valence-corrected chi connectivity index (χ1v) is 8.76. The number of benzene rings is 2. The molecule has 0 amide bonds. The van der Waals surface area contributed by atoms with Crippen molar-refractivity contribution in [2.24, 2.45) is 0 Å². The summed E-state index contributed by atoms with van der Waals surface area (Å²) >= 11 is 0. The highest BCUT2D eigenvalue weighted by molar-refractivity contribution is 5.76. The highest BCUT2D eigenvalue weighted by atomic mass is 16.5. The third-order valence-electron chi connectivity index (χ3n) is 4.06. The summed E-state index contributed by atoms with van der Waals surface area (Å²) in [5, 5.41) is 7.90. The van der Waals surface area contributed by atoms with Crippen molar-refractivity contribution in [3.05, 3.63) is 77.2 Å². The molecule has 4 rings (SSSR count). The number of nitrogens with one attached hydrogen (secondary N) is 2. The van der Waals surface area contributed by atoms with E-state index in [1.165, 1.54) is 6.20 Å². The average Bonchev–Trinajstić information content (AvgIpc) is 3.14. The van der Waals surface area contributed by atoms with E-state index in [0.717, 1.165) is 17.9 Å². The largest absolute Gasteiger partial charge is 0.494 e. The number of fused-ring (bicyclic) bond motifs is 1. The van der Waals surface area contributed by atoms with Gasteiger partial charge in [0, 0.05) is 6.54 Å². The molecule has 2 heterocycles. The van der Waals surface area contributed by atoms with E-state index < -0.39 is 0 Å². The van der Waals surface area contributed by atoms with E-state index >= 15 is 0 Å². The highest BCUT2D eigenvalue weighted by Gasteiger charge is 2.11. The lowest BCUT2D eigenvalue weighted by atomic mass is 10.3. The van der Waals surface area contributed by atoms with Crippen molar-refractivity contribution in [1.29, 1.82) is 0 Å². The molecule has 0 bridgehead atoms. The fourth-order valence-corrected chi connectivity index (χ4v) is 2.75. The lowest BCUT2D eigenvalue weighted by Crippen LogP contribution is -2.15. The first kappa shape index (κ1) is 16.8. The predicted octanol–water partition coefficient (Wildman–Crippen LogP) is 2.99. The van der Waals surface area contributed by atoms with Crippen molar-refractivity contribution in [2.45, 2.75) is 6.42 Å². The Labute approximate surface area is 155 Å². The number of para-hydroxylation sites is 2. The topological polar surface area (TPSA) is 84.8 Å². The maximum Gasteiger partial charge on any atom is 0.263 e. The number of H-pyrrole nitrogens is 1. The van der Waals surface area contributed by atoms with Crippen molar-refractivity contribution in [3.63, 3.8) is 0 Å². The molecule has 0 radical (unpaired) electrons. The van der Waals surface area contributed by atoms with Crippen LogP contribution in [0.15, 0.2) is 71.7 Å². The van der Waals surface area contributed by atoms with E-state index in [0.29, 0.717) is 30.1 Å². The van der Waals surface area contributed by atoms with Crippen LogP contribution in [0.3, 0.4) is 0 Å². The molecule has 0 saturated carbocycles. The van der Waals surface area contributed by atoms with Gasteiger partial charge in [0.1, 0.15) is 11.1 Å². The SMILES string of the molecule is O=c1[nH]c(NCCCOc2ccccc2)nc2c1cnn2-c1ccccc1. The molecule has 7 nitrogen and oxygen atoms in total. The normalized spacial score (nSPS) is 10.8. The van der Waals surface area contributed by atoms with Gasteiger partial charge in [-0.1, -0.05) is 36.4 Å². The number of nitrogens with zero attached hydrogens (tertiary/aromatic N) is 3.